The minimum absolute atomic E-state index is 0.0240. The molecule has 1 aliphatic heterocycles. The first-order chi connectivity index (χ1) is 12.5. The molecule has 1 aromatic carbocycles. The number of benzene rings is 1. The lowest BCUT2D eigenvalue weighted by Crippen LogP contribution is -2.41. The van der Waals surface area contributed by atoms with E-state index in [-0.39, 0.29) is 12.5 Å². The van der Waals surface area contributed by atoms with Crippen LogP contribution in [0.2, 0.25) is 0 Å². The van der Waals surface area contributed by atoms with E-state index in [2.05, 4.69) is 10.6 Å². The standard InChI is InChI=1S/C17H23BN2O6/c21-15(19-12-14-7-4-10-25-14)8-9-16(22)20-17(26-18(23)24)11-13-5-2-1-3-6-13/h1-3,5-6,8-9,14,17,23-24H,4,7,10-12H2,(H,19,21)(H,20,22)/b9-8+/t14?,17-/m1/s1. The third-order valence-corrected chi connectivity index (χ3v) is 3.77. The molecule has 2 rings (SSSR count). The number of rotatable bonds is 9. The van der Waals surface area contributed by atoms with E-state index in [1.54, 1.807) is 0 Å². The van der Waals surface area contributed by atoms with Crippen molar-refractivity contribution in [2.75, 3.05) is 13.2 Å². The fourth-order valence-electron chi connectivity index (χ4n) is 2.55. The Morgan fingerprint density at radius 1 is 1.27 bits per heavy atom. The van der Waals surface area contributed by atoms with Gasteiger partial charge in [-0.05, 0) is 18.4 Å². The Hall–Kier alpha value is -2.20. The van der Waals surface area contributed by atoms with E-state index in [4.69, 9.17) is 19.4 Å². The molecule has 2 amide bonds. The molecule has 9 heteroatoms. The zero-order valence-corrected chi connectivity index (χ0v) is 14.3. The molecular formula is C17H23BN2O6. The van der Waals surface area contributed by atoms with E-state index in [0.29, 0.717) is 13.2 Å². The first kappa shape index (κ1) is 20.1. The second-order valence-electron chi connectivity index (χ2n) is 5.86. The molecule has 0 saturated carbocycles. The molecule has 1 aliphatic rings. The van der Waals surface area contributed by atoms with E-state index in [1.807, 2.05) is 30.3 Å². The van der Waals surface area contributed by atoms with Crippen LogP contribution in [-0.2, 0) is 25.4 Å². The van der Waals surface area contributed by atoms with Gasteiger partial charge in [0.2, 0.25) is 11.8 Å². The Labute approximate surface area is 152 Å². The van der Waals surface area contributed by atoms with Crippen molar-refractivity contribution in [1.29, 1.82) is 0 Å². The Morgan fingerprint density at radius 3 is 2.65 bits per heavy atom. The maximum atomic E-state index is 11.9. The average molecular weight is 362 g/mol. The predicted molar refractivity (Wildman–Crippen MR) is 94.5 cm³/mol. The summed E-state index contributed by atoms with van der Waals surface area (Å²) in [6.45, 7) is 1.11. The average Bonchev–Trinajstić information content (AvgIpc) is 3.12. The van der Waals surface area contributed by atoms with Gasteiger partial charge in [0.25, 0.3) is 0 Å². The maximum Gasteiger partial charge on any atom is 0.635 e. The summed E-state index contributed by atoms with van der Waals surface area (Å²) in [6.07, 6.45) is 3.38. The molecule has 0 spiro atoms. The predicted octanol–water partition coefficient (Wildman–Crippen LogP) is -0.491. The summed E-state index contributed by atoms with van der Waals surface area (Å²) in [5.41, 5.74) is 0.844. The number of ether oxygens (including phenoxy) is 1. The third-order valence-electron chi connectivity index (χ3n) is 3.77. The lowest BCUT2D eigenvalue weighted by atomic mass is 10.1. The molecule has 2 atom stereocenters. The van der Waals surface area contributed by atoms with Gasteiger partial charge in [-0.1, -0.05) is 30.3 Å². The van der Waals surface area contributed by atoms with Crippen LogP contribution in [-0.4, -0.2) is 54.7 Å². The fraction of sp³-hybridized carbons (Fsp3) is 0.412. The van der Waals surface area contributed by atoms with Crippen LogP contribution in [0, 0.1) is 0 Å². The molecule has 0 aromatic heterocycles. The molecule has 1 fully saturated rings. The van der Waals surface area contributed by atoms with Crippen LogP contribution >= 0.6 is 0 Å². The van der Waals surface area contributed by atoms with Gasteiger partial charge in [0.05, 0.1) is 6.10 Å². The van der Waals surface area contributed by atoms with Crippen molar-refractivity contribution < 1.29 is 29.0 Å². The summed E-state index contributed by atoms with van der Waals surface area (Å²) in [5, 5.41) is 23.1. The lowest BCUT2D eigenvalue weighted by Gasteiger charge is -2.18. The SMILES string of the molecule is O=C(/C=C/C(=O)N[C@@H](Cc1ccccc1)OB(O)O)NCC1CCCO1. The minimum atomic E-state index is -2.03. The molecule has 1 saturated heterocycles. The van der Waals surface area contributed by atoms with Gasteiger partial charge in [-0.2, -0.15) is 0 Å². The quantitative estimate of drug-likeness (QED) is 0.268. The van der Waals surface area contributed by atoms with Crippen molar-refractivity contribution in [2.24, 2.45) is 0 Å². The first-order valence-corrected chi connectivity index (χ1v) is 8.46. The number of carbonyl (C=O) groups excluding carboxylic acids is 2. The highest BCUT2D eigenvalue weighted by atomic mass is 16.6. The van der Waals surface area contributed by atoms with Crippen molar-refractivity contribution in [3.63, 3.8) is 0 Å². The normalized spacial score (nSPS) is 17.8. The molecule has 0 radical (unpaired) electrons. The van der Waals surface area contributed by atoms with E-state index in [9.17, 15) is 9.59 Å². The van der Waals surface area contributed by atoms with E-state index >= 15 is 0 Å². The number of amides is 2. The summed E-state index contributed by atoms with van der Waals surface area (Å²) in [6, 6.07) is 9.13. The molecule has 1 heterocycles. The molecular weight excluding hydrogens is 339 g/mol. The van der Waals surface area contributed by atoms with Crippen molar-refractivity contribution >= 4 is 19.1 Å². The summed E-state index contributed by atoms with van der Waals surface area (Å²) < 4.78 is 10.3. The van der Waals surface area contributed by atoms with Crippen LogP contribution in [0.5, 0.6) is 0 Å². The molecule has 8 nitrogen and oxygen atoms in total. The minimum Gasteiger partial charge on any atom is -0.402 e. The van der Waals surface area contributed by atoms with Crippen LogP contribution in [0.25, 0.3) is 0 Å². The number of hydrogen-bond acceptors (Lipinski definition) is 6. The number of carbonyl (C=O) groups is 2. The van der Waals surface area contributed by atoms with Crippen LogP contribution in [0.3, 0.4) is 0 Å². The van der Waals surface area contributed by atoms with Gasteiger partial charge in [-0.15, -0.1) is 0 Å². The Kier molecular flexibility index (Phi) is 8.30. The van der Waals surface area contributed by atoms with Crippen molar-refractivity contribution in [1.82, 2.24) is 10.6 Å². The smallest absolute Gasteiger partial charge is 0.402 e. The van der Waals surface area contributed by atoms with Crippen LogP contribution < -0.4 is 10.6 Å². The van der Waals surface area contributed by atoms with E-state index in [0.717, 1.165) is 30.6 Å². The summed E-state index contributed by atoms with van der Waals surface area (Å²) in [5.74, 6) is -0.989. The highest BCUT2D eigenvalue weighted by molar-refractivity contribution is 6.32. The second kappa shape index (κ2) is 10.7. The first-order valence-electron chi connectivity index (χ1n) is 8.46. The molecule has 0 aliphatic carbocycles. The number of hydrogen-bond donors (Lipinski definition) is 4. The summed E-state index contributed by atoms with van der Waals surface area (Å²) in [7, 11) is -2.03. The van der Waals surface area contributed by atoms with Crippen LogP contribution in [0.15, 0.2) is 42.5 Å². The fourth-order valence-corrected chi connectivity index (χ4v) is 2.55. The highest BCUT2D eigenvalue weighted by Crippen LogP contribution is 2.10. The van der Waals surface area contributed by atoms with Gasteiger partial charge < -0.3 is 30.1 Å². The molecule has 4 N–H and O–H groups in total. The van der Waals surface area contributed by atoms with Crippen molar-refractivity contribution in [2.45, 2.75) is 31.6 Å². The van der Waals surface area contributed by atoms with Crippen molar-refractivity contribution in [3.05, 3.63) is 48.0 Å². The maximum absolute atomic E-state index is 11.9. The van der Waals surface area contributed by atoms with Gasteiger partial charge in [-0.25, -0.2) is 0 Å². The van der Waals surface area contributed by atoms with Gasteiger partial charge in [0.1, 0.15) is 6.23 Å². The van der Waals surface area contributed by atoms with Gasteiger partial charge in [0, 0.05) is 31.7 Å². The zero-order chi connectivity index (χ0) is 18.8. The largest absolute Gasteiger partial charge is 0.635 e. The zero-order valence-electron chi connectivity index (χ0n) is 14.3. The topological polar surface area (TPSA) is 117 Å². The Bertz CT molecular complexity index is 605. The van der Waals surface area contributed by atoms with Gasteiger partial charge >= 0.3 is 7.32 Å². The monoisotopic (exact) mass is 362 g/mol. The highest BCUT2D eigenvalue weighted by Gasteiger charge is 2.20. The second-order valence-corrected chi connectivity index (χ2v) is 5.86. The lowest BCUT2D eigenvalue weighted by molar-refractivity contribution is -0.120. The summed E-state index contributed by atoms with van der Waals surface area (Å²) in [4.78, 5) is 23.7. The third kappa shape index (κ3) is 7.79. The van der Waals surface area contributed by atoms with Crippen LogP contribution in [0.1, 0.15) is 18.4 Å². The molecule has 1 aromatic rings. The van der Waals surface area contributed by atoms with Gasteiger partial charge in [-0.3, -0.25) is 9.59 Å². The van der Waals surface area contributed by atoms with Crippen molar-refractivity contribution in [3.8, 4) is 0 Å². The van der Waals surface area contributed by atoms with E-state index in [1.165, 1.54) is 0 Å². The Morgan fingerprint density at radius 2 is 2.00 bits per heavy atom. The molecule has 26 heavy (non-hydrogen) atoms. The molecule has 140 valence electrons. The van der Waals surface area contributed by atoms with E-state index < -0.39 is 25.4 Å². The molecule has 1 unspecified atom stereocenters. The van der Waals surface area contributed by atoms with Crippen LogP contribution in [0.4, 0.5) is 0 Å². The molecule has 0 bridgehead atoms. The number of nitrogens with one attached hydrogen (secondary N) is 2. The Balaban J connectivity index is 1.80. The van der Waals surface area contributed by atoms with Gasteiger partial charge in [0.15, 0.2) is 0 Å². The summed E-state index contributed by atoms with van der Waals surface area (Å²) >= 11 is 0.